The molecule has 89 heavy (non-hydrogen) atoms. The van der Waals surface area contributed by atoms with E-state index < -0.39 is 63.7 Å². The van der Waals surface area contributed by atoms with Gasteiger partial charge in [0.25, 0.3) is 0 Å². The number of piperidine rings is 1. The highest BCUT2D eigenvalue weighted by atomic mass is 19.1. The van der Waals surface area contributed by atoms with Crippen molar-refractivity contribution in [1.82, 2.24) is 15.1 Å². The van der Waals surface area contributed by atoms with Gasteiger partial charge in [-0.15, -0.1) is 0 Å². The van der Waals surface area contributed by atoms with Gasteiger partial charge >= 0.3 is 23.9 Å². The largest absolute Gasteiger partial charge is 0.492 e. The number of likely N-dealkylation sites (tertiary alicyclic amines) is 2. The molecule has 482 valence electrons. The highest BCUT2D eigenvalue weighted by Crippen LogP contribution is 2.52. The Hall–Kier alpha value is -6.52. The summed E-state index contributed by atoms with van der Waals surface area (Å²) in [4.78, 5) is 53.3. The molecule has 0 radical (unpaired) electrons. The molecule has 4 aromatic rings. The maximum atomic E-state index is 14.8. The number of hydrogen-bond acceptors (Lipinski definition) is 17. The van der Waals surface area contributed by atoms with Gasteiger partial charge in [-0.1, -0.05) is 19.3 Å². The number of rotatable bonds is 15. The van der Waals surface area contributed by atoms with Crippen LogP contribution in [0.2, 0.25) is 0 Å². The van der Waals surface area contributed by atoms with Crippen LogP contribution in [-0.2, 0) is 46.1 Å². The molecule has 6 fully saturated rings. The lowest BCUT2D eigenvalue weighted by Crippen LogP contribution is -2.40. The number of nitrogens with one attached hydrogen (secondary N) is 1. The zero-order chi connectivity index (χ0) is 62.2. The number of esters is 4. The number of nitrogens with zero attached hydrogens (tertiary/aromatic N) is 2. The number of fused-ring (bicyclic) bond motifs is 8. The molecule has 14 rings (SSSR count). The number of benzene rings is 4. The number of methoxy groups -OCH3 is 1. The number of carbonyl (C=O) groups excluding carboxylic acids is 4. The highest BCUT2D eigenvalue weighted by molar-refractivity contribution is 5.97. The molecule has 4 aromatic carbocycles. The van der Waals surface area contributed by atoms with Crippen molar-refractivity contribution in [3.05, 3.63) is 116 Å². The fourth-order valence-corrected chi connectivity index (χ4v) is 14.9. The molecule has 7 aliphatic heterocycles. The summed E-state index contributed by atoms with van der Waals surface area (Å²) in [5, 5.41) is 12.0. The van der Waals surface area contributed by atoms with E-state index in [1.54, 1.807) is 25.3 Å². The van der Waals surface area contributed by atoms with Gasteiger partial charge in [-0.2, -0.15) is 0 Å². The van der Waals surface area contributed by atoms with Gasteiger partial charge in [-0.3, -0.25) is 9.80 Å². The molecular weight excluding hydrogens is 1160 g/mol. The Bertz CT molecular complexity index is 3090. The third-order valence-corrected chi connectivity index (χ3v) is 19.2. The van der Waals surface area contributed by atoms with Crippen molar-refractivity contribution in [1.29, 1.82) is 0 Å². The van der Waals surface area contributed by atoms with Crippen LogP contribution in [0.4, 0.5) is 17.6 Å². The summed E-state index contributed by atoms with van der Waals surface area (Å²) < 4.78 is 108. The quantitative estimate of drug-likeness (QED) is 0.0494. The number of carbonyl (C=O) groups is 4. The van der Waals surface area contributed by atoms with Crippen LogP contribution in [0.25, 0.3) is 0 Å². The van der Waals surface area contributed by atoms with Gasteiger partial charge in [0, 0.05) is 79.6 Å². The van der Waals surface area contributed by atoms with Gasteiger partial charge in [0.05, 0.1) is 35.5 Å². The molecule has 0 amide bonds. The van der Waals surface area contributed by atoms with E-state index in [0.29, 0.717) is 121 Å². The third kappa shape index (κ3) is 13.9. The van der Waals surface area contributed by atoms with E-state index in [1.807, 2.05) is 0 Å². The maximum absolute atomic E-state index is 14.8. The molecule has 2 N–H and O–H groups in total. The SMILES string of the molecule is COCCOc1cc(F)c2c(c1)C(=O)OC21CCCCC1.O=C1OC2(CCCCC2)c2c(F)cc(OCCN3CCCC3)cc21.O=C1OC2(CCCCC2)c2c(F)cc(OCCO)cc21.O=C1OC2(CCNCC2)c2c(F)cc(OCCN3CCCC3)cc21. The lowest BCUT2D eigenvalue weighted by Gasteiger charge is -2.33. The number of aliphatic hydroxyl groups is 1. The molecule has 4 spiro atoms. The van der Waals surface area contributed by atoms with Crippen LogP contribution in [0.1, 0.15) is 199 Å². The third-order valence-electron chi connectivity index (χ3n) is 19.2. The Morgan fingerprint density at radius 1 is 0.404 bits per heavy atom. The molecule has 10 aliphatic rings. The summed E-state index contributed by atoms with van der Waals surface area (Å²) >= 11 is 0. The van der Waals surface area contributed by atoms with Crippen molar-refractivity contribution in [2.45, 2.75) is 157 Å². The van der Waals surface area contributed by atoms with Crippen LogP contribution >= 0.6 is 0 Å². The van der Waals surface area contributed by atoms with Crippen molar-refractivity contribution >= 4 is 23.9 Å². The molecule has 0 bridgehead atoms. The second-order valence-corrected chi connectivity index (χ2v) is 25.0. The Balaban J connectivity index is 0.000000123. The van der Waals surface area contributed by atoms with E-state index in [2.05, 4.69) is 15.1 Å². The van der Waals surface area contributed by atoms with Gasteiger partial charge in [-0.05, 0) is 166 Å². The smallest absolute Gasteiger partial charge is 0.339 e. The molecule has 0 unspecified atom stereocenters. The van der Waals surface area contributed by atoms with Crippen molar-refractivity contribution < 1.29 is 84.5 Å². The highest BCUT2D eigenvalue weighted by Gasteiger charge is 2.52. The van der Waals surface area contributed by atoms with Crippen molar-refractivity contribution in [2.75, 3.05) is 99.1 Å². The van der Waals surface area contributed by atoms with E-state index in [1.165, 1.54) is 56.0 Å². The Labute approximate surface area is 517 Å². The number of halogens is 4. The van der Waals surface area contributed by atoms with Crippen LogP contribution in [0.3, 0.4) is 0 Å². The normalized spacial score (nSPS) is 21.2. The van der Waals surface area contributed by atoms with E-state index in [9.17, 15) is 36.7 Å². The summed E-state index contributed by atoms with van der Waals surface area (Å²) in [6.45, 7) is 9.18. The van der Waals surface area contributed by atoms with Crippen LogP contribution in [-0.4, -0.2) is 138 Å². The monoisotopic (exact) mass is 1240 g/mol. The predicted molar refractivity (Wildman–Crippen MR) is 318 cm³/mol. The van der Waals surface area contributed by atoms with Crippen molar-refractivity contribution in [3.63, 3.8) is 0 Å². The summed E-state index contributed by atoms with van der Waals surface area (Å²) in [6, 6.07) is 11.8. The average molecular weight is 1240 g/mol. The first kappa shape index (κ1) is 64.0. The molecule has 0 aromatic heterocycles. The van der Waals surface area contributed by atoms with Gasteiger partial charge < -0.3 is 53.1 Å². The van der Waals surface area contributed by atoms with E-state index in [-0.39, 0.29) is 30.3 Å². The number of ether oxygens (including phenoxy) is 9. The Morgan fingerprint density at radius 2 is 0.697 bits per heavy atom. The van der Waals surface area contributed by atoms with E-state index >= 15 is 0 Å². The lowest BCUT2D eigenvalue weighted by atomic mass is 9.79. The molecule has 3 aliphatic carbocycles. The van der Waals surface area contributed by atoms with Gasteiger partial charge in [-0.25, -0.2) is 36.7 Å². The lowest BCUT2D eigenvalue weighted by molar-refractivity contribution is -0.0302. The van der Waals surface area contributed by atoms with Gasteiger partial charge in [0.2, 0.25) is 0 Å². The molecule has 3 saturated heterocycles. The fraction of sp³-hybridized carbons (Fsp3) is 0.588. The van der Waals surface area contributed by atoms with Crippen LogP contribution < -0.4 is 24.3 Å². The van der Waals surface area contributed by atoms with Crippen LogP contribution in [0.5, 0.6) is 23.0 Å². The minimum Gasteiger partial charge on any atom is -0.492 e. The van der Waals surface area contributed by atoms with Crippen molar-refractivity contribution in [3.8, 4) is 23.0 Å². The Kier molecular flexibility index (Phi) is 20.4. The van der Waals surface area contributed by atoms with Gasteiger partial charge in [0.15, 0.2) is 0 Å². The Morgan fingerprint density at radius 3 is 1.00 bits per heavy atom. The van der Waals surface area contributed by atoms with Crippen LogP contribution in [0.15, 0.2) is 48.5 Å². The minimum absolute atomic E-state index is 0.0679. The maximum Gasteiger partial charge on any atom is 0.339 e. The molecule has 17 nitrogen and oxygen atoms in total. The molecular formula is C68H83F4N3O14. The minimum atomic E-state index is -0.796. The summed E-state index contributed by atoms with van der Waals surface area (Å²) in [7, 11) is 1.57. The number of aliphatic hydroxyl groups excluding tert-OH is 1. The van der Waals surface area contributed by atoms with Crippen LogP contribution in [0, 0.1) is 23.3 Å². The standard InChI is InChI=1S/C19H24FNO3.C18H23FN2O3.C16H19FO4.C15H17FO4/c20-16-13-14(23-11-10-21-8-4-5-9-21)12-15-17(16)19(24-18(15)22)6-2-1-3-7-19;19-15-12-13(23-10-9-21-7-1-2-8-21)11-14-16(15)18(24-17(14)22)3-5-20-6-4-18;1-19-7-8-20-11-9-12-14(13(17)10-11)16(21-15(12)18)5-3-2-4-6-16;16-12-9-10(19-7-6-17)8-11-13(12)15(20-14(11)18)4-2-1-3-5-15/h12-13H,1-11H2;11-12,20H,1-10H2;9-10H,2-8H2,1H3;8-9,17H,1-7H2. The molecule has 21 heteroatoms. The zero-order valence-electron chi connectivity index (χ0n) is 51.0. The van der Waals surface area contributed by atoms with E-state index in [4.69, 9.17) is 47.7 Å². The van der Waals surface area contributed by atoms with E-state index in [0.717, 1.165) is 123 Å². The molecule has 0 atom stereocenters. The fourth-order valence-electron chi connectivity index (χ4n) is 14.9. The first-order valence-corrected chi connectivity index (χ1v) is 32.2. The summed E-state index contributed by atoms with van der Waals surface area (Å²) in [6.07, 6.45) is 19.4. The summed E-state index contributed by atoms with van der Waals surface area (Å²) in [5.41, 5.74) is -0.113. The topological polar surface area (TPSA) is 190 Å². The molecule has 3 saturated carbocycles. The van der Waals surface area contributed by atoms with Crippen molar-refractivity contribution in [2.24, 2.45) is 0 Å². The molecule has 7 heterocycles. The first-order chi connectivity index (χ1) is 43.2. The van der Waals surface area contributed by atoms with Gasteiger partial charge in [0.1, 0.15) is 95.1 Å². The average Bonchev–Trinajstić information content (AvgIpc) is 1.68. The first-order valence-electron chi connectivity index (χ1n) is 32.2. The summed E-state index contributed by atoms with van der Waals surface area (Å²) in [5.74, 6) is -1.95. The predicted octanol–water partition coefficient (Wildman–Crippen LogP) is 11.4. The zero-order valence-corrected chi connectivity index (χ0v) is 51.0. The second-order valence-electron chi connectivity index (χ2n) is 25.0. The second kappa shape index (κ2) is 28.3. The number of hydrogen-bond donors (Lipinski definition) is 2.